The van der Waals surface area contributed by atoms with Gasteiger partial charge >= 0.3 is 5.97 Å². The Morgan fingerprint density at radius 3 is 2.33 bits per heavy atom. The molecule has 0 bridgehead atoms. The zero-order chi connectivity index (χ0) is 11.3. The van der Waals surface area contributed by atoms with Gasteiger partial charge in [0.2, 0.25) is 0 Å². The topological polar surface area (TPSA) is 37.0 Å². The van der Waals surface area contributed by atoms with Gasteiger partial charge < -0.3 is 0 Å². The van der Waals surface area contributed by atoms with Crippen LogP contribution in [0, 0.1) is 11.8 Å². The Morgan fingerprint density at radius 1 is 1.27 bits per heavy atom. The summed E-state index contributed by atoms with van der Waals surface area (Å²) >= 11 is 0. The Morgan fingerprint density at radius 2 is 1.87 bits per heavy atom. The monoisotopic (exact) mass is 205 g/mol. The van der Waals surface area contributed by atoms with E-state index in [2.05, 4.69) is 0 Å². The molecule has 0 heterocycles. The minimum atomic E-state index is -0.930. The lowest BCUT2D eigenvalue weighted by molar-refractivity contribution is -0.150. The van der Waals surface area contributed by atoms with Crippen LogP contribution in [0.2, 0.25) is 0 Å². The molecule has 0 aliphatic carbocycles. The number of benzene rings is 1. The molecule has 81 valence electrons. The average Bonchev–Trinajstić information content (AvgIpc) is 2.19. The quantitative estimate of drug-likeness (QED) is 0.728. The van der Waals surface area contributed by atoms with Gasteiger partial charge in [-0.15, -0.1) is 0 Å². The molecular formula is C13H17O2. The van der Waals surface area contributed by atoms with Gasteiger partial charge in [0.1, 0.15) is 0 Å². The van der Waals surface area contributed by atoms with Gasteiger partial charge in [0.25, 0.3) is 0 Å². The van der Waals surface area contributed by atoms with Crippen LogP contribution in [0.15, 0.2) is 30.3 Å². The van der Waals surface area contributed by atoms with Crippen LogP contribution in [0.5, 0.6) is 0 Å². The fourth-order valence-electron chi connectivity index (χ4n) is 1.93. The van der Waals surface area contributed by atoms with E-state index in [-0.39, 0.29) is 11.8 Å². The van der Waals surface area contributed by atoms with E-state index in [1.807, 2.05) is 44.2 Å². The normalized spacial score (nSPS) is 14.5. The average molecular weight is 205 g/mol. The molecule has 0 aromatic heterocycles. The van der Waals surface area contributed by atoms with Gasteiger partial charge in [-0.3, -0.25) is 0 Å². The molecule has 2 nitrogen and oxygen atoms in total. The van der Waals surface area contributed by atoms with E-state index in [4.69, 9.17) is 0 Å². The Kier molecular flexibility index (Phi) is 4.35. The third-order valence-corrected chi connectivity index (χ3v) is 2.83. The summed E-state index contributed by atoms with van der Waals surface area (Å²) in [7, 11) is 0. The molecule has 0 N–H and O–H groups in total. The first-order chi connectivity index (χ1) is 7.15. The van der Waals surface area contributed by atoms with Gasteiger partial charge in [0, 0.05) is 0 Å². The predicted octanol–water partition coefficient (Wildman–Crippen LogP) is 2.85. The fourth-order valence-corrected chi connectivity index (χ4v) is 1.93. The third-order valence-electron chi connectivity index (χ3n) is 2.83. The van der Waals surface area contributed by atoms with Crippen molar-refractivity contribution in [2.75, 3.05) is 0 Å². The van der Waals surface area contributed by atoms with Gasteiger partial charge in [-0.25, -0.2) is 9.90 Å². The minimum absolute atomic E-state index is 0.127. The van der Waals surface area contributed by atoms with Crippen LogP contribution in [0.4, 0.5) is 0 Å². The van der Waals surface area contributed by atoms with Crippen LogP contribution in [-0.4, -0.2) is 5.97 Å². The van der Waals surface area contributed by atoms with E-state index in [1.54, 1.807) is 0 Å². The standard InChI is InChI=1S/C13H17O2/c1-3-12(13(14)15)10(2)9-11-7-5-4-6-8-11/h4-8,10,12H,3,9H2,1-2H3. The van der Waals surface area contributed by atoms with Gasteiger partial charge in [-0.1, -0.05) is 44.2 Å². The lowest BCUT2D eigenvalue weighted by Gasteiger charge is -2.17. The first-order valence-corrected chi connectivity index (χ1v) is 5.40. The maximum absolute atomic E-state index is 10.9. The van der Waals surface area contributed by atoms with Crippen molar-refractivity contribution in [1.82, 2.24) is 0 Å². The highest BCUT2D eigenvalue weighted by Crippen LogP contribution is 2.20. The van der Waals surface area contributed by atoms with E-state index < -0.39 is 5.97 Å². The van der Waals surface area contributed by atoms with Crippen molar-refractivity contribution in [3.8, 4) is 0 Å². The third kappa shape index (κ3) is 3.39. The summed E-state index contributed by atoms with van der Waals surface area (Å²) in [6, 6.07) is 9.96. The van der Waals surface area contributed by atoms with Crippen LogP contribution in [0.3, 0.4) is 0 Å². The number of hydrogen-bond donors (Lipinski definition) is 0. The number of carbonyl (C=O) groups excluding carboxylic acids is 1. The van der Waals surface area contributed by atoms with Crippen LogP contribution in [0.1, 0.15) is 25.8 Å². The predicted molar refractivity (Wildman–Crippen MR) is 58.8 cm³/mol. The molecule has 1 rings (SSSR count). The van der Waals surface area contributed by atoms with Crippen LogP contribution in [0.25, 0.3) is 0 Å². The molecule has 2 atom stereocenters. The molecule has 1 aromatic rings. The first-order valence-electron chi connectivity index (χ1n) is 5.40. The van der Waals surface area contributed by atoms with Crippen molar-refractivity contribution in [3.05, 3.63) is 35.9 Å². The van der Waals surface area contributed by atoms with E-state index in [9.17, 15) is 9.90 Å². The van der Waals surface area contributed by atoms with Gasteiger partial charge in [-0.05, 0) is 24.3 Å². The van der Waals surface area contributed by atoms with Crippen LogP contribution >= 0.6 is 0 Å². The van der Waals surface area contributed by atoms with Crippen LogP contribution in [-0.2, 0) is 16.3 Å². The second kappa shape index (κ2) is 5.54. The molecule has 0 spiro atoms. The highest BCUT2D eigenvalue weighted by Gasteiger charge is 2.24. The Bertz CT molecular complexity index is 306. The van der Waals surface area contributed by atoms with Crippen LogP contribution < -0.4 is 0 Å². The Hall–Kier alpha value is -1.31. The van der Waals surface area contributed by atoms with Crippen molar-refractivity contribution in [1.29, 1.82) is 0 Å². The van der Waals surface area contributed by atoms with Crippen molar-refractivity contribution in [2.45, 2.75) is 26.7 Å². The summed E-state index contributed by atoms with van der Waals surface area (Å²) < 4.78 is 0. The molecule has 2 heteroatoms. The highest BCUT2D eigenvalue weighted by molar-refractivity contribution is 5.69. The van der Waals surface area contributed by atoms with E-state index in [0.717, 1.165) is 6.42 Å². The van der Waals surface area contributed by atoms with Crippen molar-refractivity contribution in [3.63, 3.8) is 0 Å². The number of hydrogen-bond acceptors (Lipinski definition) is 1. The fraction of sp³-hybridized carbons (Fsp3) is 0.462. The molecule has 0 saturated heterocycles. The maximum Gasteiger partial charge on any atom is 0.358 e. The van der Waals surface area contributed by atoms with Gasteiger partial charge in [-0.2, -0.15) is 0 Å². The molecule has 2 unspecified atom stereocenters. The van der Waals surface area contributed by atoms with Crippen molar-refractivity contribution < 1.29 is 9.90 Å². The molecule has 0 amide bonds. The second-order valence-corrected chi connectivity index (χ2v) is 4.00. The Balaban J connectivity index is 2.62. The molecule has 1 radical (unpaired) electrons. The molecule has 1 aromatic carbocycles. The van der Waals surface area contributed by atoms with E-state index in [1.165, 1.54) is 5.56 Å². The molecule has 0 aliphatic heterocycles. The van der Waals surface area contributed by atoms with E-state index in [0.29, 0.717) is 6.42 Å². The summed E-state index contributed by atoms with van der Waals surface area (Å²) in [5.74, 6) is -1.14. The van der Waals surface area contributed by atoms with E-state index >= 15 is 0 Å². The smallest absolute Gasteiger partial charge is 0.247 e. The SMILES string of the molecule is CCC(C([O])=O)C(C)Cc1ccccc1. The number of rotatable bonds is 5. The lowest BCUT2D eigenvalue weighted by atomic mass is 9.87. The summed E-state index contributed by atoms with van der Waals surface area (Å²) in [5.41, 5.74) is 1.18. The molecular weight excluding hydrogens is 188 g/mol. The molecule has 15 heavy (non-hydrogen) atoms. The summed E-state index contributed by atoms with van der Waals surface area (Å²) in [6.45, 7) is 3.86. The number of carbonyl (C=O) groups is 1. The van der Waals surface area contributed by atoms with Crippen molar-refractivity contribution >= 4 is 5.97 Å². The lowest BCUT2D eigenvalue weighted by Crippen LogP contribution is -2.21. The Labute approximate surface area is 90.9 Å². The van der Waals surface area contributed by atoms with Crippen molar-refractivity contribution in [2.24, 2.45) is 11.8 Å². The van der Waals surface area contributed by atoms with Gasteiger partial charge in [0.05, 0.1) is 5.92 Å². The largest absolute Gasteiger partial charge is 0.358 e. The summed E-state index contributed by atoms with van der Waals surface area (Å²) in [5, 5.41) is 10.9. The molecule has 0 fully saturated rings. The second-order valence-electron chi connectivity index (χ2n) is 4.00. The maximum atomic E-state index is 10.9. The highest BCUT2D eigenvalue weighted by atomic mass is 16.4. The molecule has 0 saturated carbocycles. The first kappa shape index (κ1) is 11.8. The summed E-state index contributed by atoms with van der Waals surface area (Å²) in [4.78, 5) is 10.9. The molecule has 0 aliphatic rings. The van der Waals surface area contributed by atoms with Gasteiger partial charge in [0.15, 0.2) is 0 Å². The minimum Gasteiger partial charge on any atom is -0.247 e. The summed E-state index contributed by atoms with van der Waals surface area (Å²) in [6.07, 6.45) is 1.43. The zero-order valence-electron chi connectivity index (χ0n) is 9.27. The zero-order valence-corrected chi connectivity index (χ0v) is 9.27.